The molecule has 1 saturated heterocycles. The van der Waals surface area contributed by atoms with Crippen LogP contribution >= 0.6 is 15.9 Å². The molecule has 0 radical (unpaired) electrons. The molecule has 2 N–H and O–H groups in total. The van der Waals surface area contributed by atoms with E-state index in [9.17, 15) is 4.79 Å². The molecule has 0 atom stereocenters. The number of halogens is 1. The average Bonchev–Trinajstić information content (AvgIpc) is 2.96. The molecule has 1 fully saturated rings. The predicted octanol–water partition coefficient (Wildman–Crippen LogP) is 2.26. The quantitative estimate of drug-likeness (QED) is 0.890. The number of rotatable bonds is 3. The second-order valence-corrected chi connectivity index (χ2v) is 5.61. The zero-order valence-electron chi connectivity index (χ0n) is 11.3. The molecule has 3 rings (SSSR count). The first-order valence-electron chi connectivity index (χ1n) is 6.66. The summed E-state index contributed by atoms with van der Waals surface area (Å²) < 4.78 is 6.16. The minimum absolute atomic E-state index is 0.193. The molecule has 6 nitrogen and oxygen atoms in total. The molecular weight excluding hydrogens is 336 g/mol. The van der Waals surface area contributed by atoms with Crippen LogP contribution in [0.4, 0.5) is 11.5 Å². The summed E-state index contributed by atoms with van der Waals surface area (Å²) in [5.74, 6) is 0.709. The van der Waals surface area contributed by atoms with Crippen molar-refractivity contribution < 1.29 is 9.53 Å². The van der Waals surface area contributed by atoms with E-state index in [-0.39, 0.29) is 5.91 Å². The Kier molecular flexibility index (Phi) is 4.21. The second-order valence-electron chi connectivity index (χ2n) is 4.69. The van der Waals surface area contributed by atoms with E-state index in [4.69, 9.17) is 4.74 Å². The number of carbonyl (C=O) groups excluding carboxylic acids is 1. The fraction of sp³-hybridized carbons (Fsp3) is 0.286. The molecule has 1 amide bonds. The van der Waals surface area contributed by atoms with Gasteiger partial charge in [-0.2, -0.15) is 0 Å². The minimum Gasteiger partial charge on any atom is -0.378 e. The van der Waals surface area contributed by atoms with Gasteiger partial charge in [0.15, 0.2) is 0 Å². The largest absolute Gasteiger partial charge is 0.378 e. The van der Waals surface area contributed by atoms with Crippen LogP contribution in [0.1, 0.15) is 10.5 Å². The second kappa shape index (κ2) is 6.28. The van der Waals surface area contributed by atoms with Gasteiger partial charge in [-0.05, 0) is 34.1 Å². The number of amides is 1. The smallest absolute Gasteiger partial charge is 0.272 e. The van der Waals surface area contributed by atoms with Crippen molar-refractivity contribution >= 4 is 33.3 Å². The maximum atomic E-state index is 12.0. The number of pyridine rings is 1. The molecule has 0 aromatic carbocycles. The lowest BCUT2D eigenvalue weighted by Gasteiger charge is -2.27. The van der Waals surface area contributed by atoms with Crippen molar-refractivity contribution in [1.82, 2.24) is 9.97 Å². The van der Waals surface area contributed by atoms with Gasteiger partial charge in [-0.25, -0.2) is 4.98 Å². The lowest BCUT2D eigenvalue weighted by Crippen LogP contribution is -2.36. The van der Waals surface area contributed by atoms with Gasteiger partial charge in [0.2, 0.25) is 0 Å². The first-order valence-corrected chi connectivity index (χ1v) is 7.46. The fourth-order valence-corrected chi connectivity index (χ4v) is 2.48. The molecule has 7 heteroatoms. The summed E-state index contributed by atoms with van der Waals surface area (Å²) in [5, 5.41) is 2.80. The molecule has 1 aliphatic heterocycles. The van der Waals surface area contributed by atoms with E-state index >= 15 is 0 Å². The number of ether oxygens (including phenoxy) is 1. The average molecular weight is 351 g/mol. The van der Waals surface area contributed by atoms with Crippen LogP contribution in [0, 0.1) is 0 Å². The van der Waals surface area contributed by atoms with E-state index in [0.29, 0.717) is 11.4 Å². The molecule has 110 valence electrons. The monoisotopic (exact) mass is 350 g/mol. The number of aromatic nitrogens is 2. The molecule has 0 bridgehead atoms. The van der Waals surface area contributed by atoms with E-state index in [0.717, 1.165) is 36.6 Å². The summed E-state index contributed by atoms with van der Waals surface area (Å²) in [6.07, 6.45) is 3.38. The normalized spacial score (nSPS) is 15.0. The molecule has 3 heterocycles. The number of H-pyrrole nitrogens is 1. The van der Waals surface area contributed by atoms with Gasteiger partial charge < -0.3 is 19.9 Å². The van der Waals surface area contributed by atoms with Gasteiger partial charge >= 0.3 is 0 Å². The van der Waals surface area contributed by atoms with E-state index < -0.39 is 0 Å². The summed E-state index contributed by atoms with van der Waals surface area (Å²) in [7, 11) is 0. The number of aromatic amines is 1. The summed E-state index contributed by atoms with van der Waals surface area (Å²) in [6, 6.07) is 5.49. The Morgan fingerprint density at radius 3 is 2.81 bits per heavy atom. The van der Waals surface area contributed by atoms with Crippen molar-refractivity contribution in [3.8, 4) is 0 Å². The molecule has 0 aliphatic carbocycles. The van der Waals surface area contributed by atoms with Crippen LogP contribution in [0.2, 0.25) is 0 Å². The number of hydrogen-bond acceptors (Lipinski definition) is 4. The Labute approximate surface area is 130 Å². The fourth-order valence-electron chi connectivity index (χ4n) is 2.14. The Balaban J connectivity index is 1.65. The molecule has 2 aromatic rings. The van der Waals surface area contributed by atoms with Gasteiger partial charge in [0.25, 0.3) is 5.91 Å². The van der Waals surface area contributed by atoms with Gasteiger partial charge in [0, 0.05) is 23.8 Å². The minimum atomic E-state index is -0.193. The third kappa shape index (κ3) is 3.43. The topological polar surface area (TPSA) is 70.2 Å². The van der Waals surface area contributed by atoms with Crippen molar-refractivity contribution in [2.24, 2.45) is 0 Å². The van der Waals surface area contributed by atoms with Crippen LogP contribution in [0.5, 0.6) is 0 Å². The zero-order chi connectivity index (χ0) is 14.7. The number of hydrogen-bond donors (Lipinski definition) is 2. The highest BCUT2D eigenvalue weighted by molar-refractivity contribution is 9.10. The predicted molar refractivity (Wildman–Crippen MR) is 83.7 cm³/mol. The number of morpholine rings is 1. The highest BCUT2D eigenvalue weighted by Crippen LogP contribution is 2.17. The Bertz CT molecular complexity index is 620. The standard InChI is InChI=1S/C14H15BrN4O2/c15-10-7-12(16-8-10)14(20)18-11-1-2-13(17-9-11)19-3-5-21-6-4-19/h1-2,7-9,16H,3-6H2,(H,18,20). The molecule has 0 spiro atoms. The molecular formula is C14H15BrN4O2. The van der Waals surface area contributed by atoms with Crippen molar-refractivity contribution in [1.29, 1.82) is 0 Å². The number of carbonyl (C=O) groups is 1. The number of anilines is 2. The van der Waals surface area contributed by atoms with Gasteiger partial charge in [0.1, 0.15) is 11.5 Å². The summed E-state index contributed by atoms with van der Waals surface area (Å²) in [5.41, 5.74) is 1.17. The van der Waals surface area contributed by atoms with E-state index in [1.165, 1.54) is 0 Å². The molecule has 2 aromatic heterocycles. The van der Waals surface area contributed by atoms with E-state index in [1.54, 1.807) is 18.5 Å². The van der Waals surface area contributed by atoms with Crippen LogP contribution < -0.4 is 10.2 Å². The highest BCUT2D eigenvalue weighted by atomic mass is 79.9. The van der Waals surface area contributed by atoms with Crippen LogP contribution in [0.15, 0.2) is 35.1 Å². The lowest BCUT2D eigenvalue weighted by molar-refractivity contribution is 0.102. The molecule has 1 aliphatic rings. The number of nitrogens with one attached hydrogen (secondary N) is 2. The van der Waals surface area contributed by atoms with Gasteiger partial charge in [-0.3, -0.25) is 4.79 Å². The maximum Gasteiger partial charge on any atom is 0.272 e. The van der Waals surface area contributed by atoms with Crippen LogP contribution in [-0.4, -0.2) is 42.2 Å². The highest BCUT2D eigenvalue weighted by Gasteiger charge is 2.13. The zero-order valence-corrected chi connectivity index (χ0v) is 12.9. The van der Waals surface area contributed by atoms with E-state index in [2.05, 4.69) is 36.1 Å². The van der Waals surface area contributed by atoms with Crippen molar-refractivity contribution in [2.45, 2.75) is 0 Å². The third-order valence-corrected chi connectivity index (χ3v) is 3.69. The SMILES string of the molecule is O=C(Nc1ccc(N2CCOCC2)nc1)c1cc(Br)c[nH]1. The Morgan fingerprint density at radius 2 is 2.19 bits per heavy atom. The maximum absolute atomic E-state index is 12.0. The van der Waals surface area contributed by atoms with Gasteiger partial charge in [0.05, 0.1) is 25.1 Å². The van der Waals surface area contributed by atoms with E-state index in [1.807, 2.05) is 12.1 Å². The molecule has 21 heavy (non-hydrogen) atoms. The first-order chi connectivity index (χ1) is 10.2. The van der Waals surface area contributed by atoms with Crippen molar-refractivity contribution in [3.05, 3.63) is 40.8 Å². The Morgan fingerprint density at radius 1 is 1.38 bits per heavy atom. The Hall–Kier alpha value is -1.86. The molecule has 0 saturated carbocycles. The third-order valence-electron chi connectivity index (χ3n) is 3.23. The summed E-state index contributed by atoms with van der Waals surface area (Å²) >= 11 is 3.30. The van der Waals surface area contributed by atoms with Gasteiger partial charge in [-0.15, -0.1) is 0 Å². The van der Waals surface area contributed by atoms with Crippen molar-refractivity contribution in [3.63, 3.8) is 0 Å². The van der Waals surface area contributed by atoms with Crippen LogP contribution in [0.25, 0.3) is 0 Å². The van der Waals surface area contributed by atoms with Crippen LogP contribution in [-0.2, 0) is 4.74 Å². The van der Waals surface area contributed by atoms with Crippen LogP contribution in [0.3, 0.4) is 0 Å². The molecule has 0 unspecified atom stereocenters. The lowest BCUT2D eigenvalue weighted by atomic mass is 10.3. The first kappa shape index (κ1) is 14.1. The summed E-state index contributed by atoms with van der Waals surface area (Å²) in [4.78, 5) is 21.4. The number of nitrogens with zero attached hydrogens (tertiary/aromatic N) is 2. The van der Waals surface area contributed by atoms with Crippen molar-refractivity contribution in [2.75, 3.05) is 36.5 Å². The summed E-state index contributed by atoms with van der Waals surface area (Å²) in [6.45, 7) is 3.13. The van der Waals surface area contributed by atoms with Gasteiger partial charge in [-0.1, -0.05) is 0 Å².